The summed E-state index contributed by atoms with van der Waals surface area (Å²) >= 11 is 1.30. The van der Waals surface area contributed by atoms with E-state index in [1.165, 1.54) is 29.8 Å². The minimum Gasteiger partial charge on any atom is -0.496 e. The van der Waals surface area contributed by atoms with Crippen LogP contribution in [0.3, 0.4) is 0 Å². The lowest BCUT2D eigenvalue weighted by molar-refractivity contribution is -0.127. The molecule has 1 heterocycles. The highest BCUT2D eigenvalue weighted by Gasteiger charge is 2.44. The minimum atomic E-state index is -2.09. The van der Waals surface area contributed by atoms with Crippen molar-refractivity contribution in [3.8, 4) is 17.6 Å². The molecular weight excluding hydrogens is 607 g/mol. The highest BCUT2D eigenvalue weighted by Crippen LogP contribution is 2.47. The van der Waals surface area contributed by atoms with E-state index in [1.54, 1.807) is 7.11 Å². The van der Waals surface area contributed by atoms with E-state index in [1.807, 2.05) is 6.07 Å². The molecule has 0 radical (unpaired) electrons. The fourth-order valence-corrected chi connectivity index (χ4v) is 8.69. The van der Waals surface area contributed by atoms with Crippen molar-refractivity contribution in [2.45, 2.75) is 115 Å². The summed E-state index contributed by atoms with van der Waals surface area (Å²) in [6.45, 7) is 13.8. The van der Waals surface area contributed by atoms with Gasteiger partial charge in [0.25, 0.3) is 0 Å². The summed E-state index contributed by atoms with van der Waals surface area (Å²) in [5, 5.41) is 4.39. The van der Waals surface area contributed by atoms with E-state index < -0.39 is 8.32 Å². The SMILES string of the molecule is COc1ccc(C2CCC(C(NC(=O)C3CCCCC3)c3cccc(C#Cc4ncns4)c3)CC2O[Si](C)(C)C(C)(C)C)cc1C. The molecule has 4 atom stereocenters. The lowest BCUT2D eigenvalue weighted by atomic mass is 9.72. The van der Waals surface area contributed by atoms with Gasteiger partial charge >= 0.3 is 0 Å². The van der Waals surface area contributed by atoms with E-state index in [2.05, 4.69) is 104 Å². The normalized spacial score (nSPS) is 21.6. The Kier molecular flexibility index (Phi) is 11.1. The maximum absolute atomic E-state index is 13.8. The predicted octanol–water partition coefficient (Wildman–Crippen LogP) is 8.97. The summed E-state index contributed by atoms with van der Waals surface area (Å²) in [5.41, 5.74) is 4.50. The number of hydrogen-bond acceptors (Lipinski definition) is 6. The number of benzene rings is 2. The van der Waals surface area contributed by atoms with Gasteiger partial charge in [0, 0.05) is 17.4 Å². The average Bonchev–Trinajstić information content (AvgIpc) is 3.56. The molecule has 2 aromatic carbocycles. The molecule has 2 aliphatic carbocycles. The Labute approximate surface area is 281 Å². The van der Waals surface area contributed by atoms with Gasteiger partial charge in [0.1, 0.15) is 12.1 Å². The second-order valence-corrected chi connectivity index (χ2v) is 20.3. The van der Waals surface area contributed by atoms with Crippen molar-refractivity contribution in [1.82, 2.24) is 14.7 Å². The molecule has 1 N–H and O–H groups in total. The van der Waals surface area contributed by atoms with Crippen LogP contribution in [0.25, 0.3) is 0 Å². The topological polar surface area (TPSA) is 73.3 Å². The molecule has 246 valence electrons. The van der Waals surface area contributed by atoms with Gasteiger partial charge in [-0.25, -0.2) is 4.98 Å². The Morgan fingerprint density at radius 2 is 1.83 bits per heavy atom. The van der Waals surface area contributed by atoms with Crippen LogP contribution in [-0.2, 0) is 9.22 Å². The van der Waals surface area contributed by atoms with E-state index in [9.17, 15) is 4.79 Å². The number of ether oxygens (including phenoxy) is 1. The summed E-state index contributed by atoms with van der Waals surface area (Å²) in [6, 6.07) is 14.9. The number of aryl methyl sites for hydroxylation is 1. The number of nitrogens with zero attached hydrogens (tertiary/aromatic N) is 2. The first-order valence-electron chi connectivity index (χ1n) is 17.0. The molecule has 1 amide bonds. The van der Waals surface area contributed by atoms with E-state index in [-0.39, 0.29) is 40.8 Å². The molecular formula is C38H51N3O3SSi. The Hall–Kier alpha value is -2.99. The molecule has 2 aliphatic rings. The van der Waals surface area contributed by atoms with Gasteiger partial charge in [0.15, 0.2) is 13.3 Å². The number of carbonyl (C=O) groups is 1. The summed E-state index contributed by atoms with van der Waals surface area (Å²) in [6.07, 6.45) is 9.94. The average molecular weight is 658 g/mol. The first kappa shape index (κ1) is 34.3. The lowest BCUT2D eigenvalue weighted by Gasteiger charge is -2.46. The van der Waals surface area contributed by atoms with Gasteiger partial charge in [-0.3, -0.25) is 4.79 Å². The number of aromatic nitrogens is 2. The molecule has 5 rings (SSSR count). The Morgan fingerprint density at radius 1 is 1.04 bits per heavy atom. The molecule has 6 nitrogen and oxygen atoms in total. The first-order valence-corrected chi connectivity index (χ1v) is 20.6. The van der Waals surface area contributed by atoms with E-state index >= 15 is 0 Å². The molecule has 2 fully saturated rings. The van der Waals surface area contributed by atoms with Crippen molar-refractivity contribution in [3.05, 3.63) is 76.1 Å². The second-order valence-electron chi connectivity index (χ2n) is 14.8. The number of rotatable bonds is 8. The van der Waals surface area contributed by atoms with Gasteiger partial charge in [-0.05, 0) is 115 Å². The van der Waals surface area contributed by atoms with Crippen molar-refractivity contribution in [3.63, 3.8) is 0 Å². The van der Waals surface area contributed by atoms with Crippen molar-refractivity contribution < 1.29 is 14.0 Å². The third-order valence-corrected chi connectivity index (χ3v) is 15.7. The number of methoxy groups -OCH3 is 1. The highest BCUT2D eigenvalue weighted by atomic mass is 32.1. The monoisotopic (exact) mass is 657 g/mol. The fourth-order valence-electron chi connectivity index (χ4n) is 6.93. The van der Waals surface area contributed by atoms with Crippen LogP contribution in [0.5, 0.6) is 5.75 Å². The van der Waals surface area contributed by atoms with Crippen molar-refractivity contribution >= 4 is 25.8 Å². The maximum Gasteiger partial charge on any atom is 0.223 e. The molecule has 8 heteroatoms. The van der Waals surface area contributed by atoms with E-state index in [0.29, 0.717) is 5.01 Å². The van der Waals surface area contributed by atoms with Crippen LogP contribution >= 0.6 is 11.5 Å². The van der Waals surface area contributed by atoms with Crippen LogP contribution in [0.1, 0.15) is 111 Å². The van der Waals surface area contributed by atoms with Gasteiger partial charge in [0.2, 0.25) is 5.91 Å². The van der Waals surface area contributed by atoms with E-state index in [4.69, 9.17) is 9.16 Å². The minimum absolute atomic E-state index is 0.0573. The zero-order valence-electron chi connectivity index (χ0n) is 28.7. The number of carbonyl (C=O) groups excluding carboxylic acids is 1. The van der Waals surface area contributed by atoms with Crippen molar-refractivity contribution in [2.75, 3.05) is 7.11 Å². The molecule has 0 aliphatic heterocycles. The van der Waals surface area contributed by atoms with Crippen LogP contribution in [0.15, 0.2) is 48.8 Å². The van der Waals surface area contributed by atoms with Gasteiger partial charge in [-0.1, -0.05) is 70.2 Å². The Balaban J connectivity index is 1.48. The molecule has 0 bridgehead atoms. The molecule has 1 aromatic heterocycles. The van der Waals surface area contributed by atoms with Crippen LogP contribution in [0.2, 0.25) is 18.1 Å². The smallest absolute Gasteiger partial charge is 0.223 e. The second kappa shape index (κ2) is 14.8. The van der Waals surface area contributed by atoms with Gasteiger partial charge in [0.05, 0.1) is 19.3 Å². The van der Waals surface area contributed by atoms with Crippen LogP contribution in [0, 0.1) is 30.6 Å². The molecule has 0 spiro atoms. The predicted molar refractivity (Wildman–Crippen MR) is 190 cm³/mol. The van der Waals surface area contributed by atoms with Crippen LogP contribution in [0.4, 0.5) is 0 Å². The molecule has 4 unspecified atom stereocenters. The van der Waals surface area contributed by atoms with Crippen LogP contribution < -0.4 is 10.1 Å². The van der Waals surface area contributed by atoms with Crippen molar-refractivity contribution in [2.24, 2.45) is 11.8 Å². The van der Waals surface area contributed by atoms with Crippen molar-refractivity contribution in [1.29, 1.82) is 0 Å². The van der Waals surface area contributed by atoms with Gasteiger partial charge in [-0.15, -0.1) is 0 Å². The molecule has 46 heavy (non-hydrogen) atoms. The third-order valence-electron chi connectivity index (χ3n) is 10.6. The number of amides is 1. The molecule has 3 aromatic rings. The number of hydrogen-bond donors (Lipinski definition) is 1. The maximum atomic E-state index is 13.8. The third kappa shape index (κ3) is 8.28. The van der Waals surface area contributed by atoms with Gasteiger partial charge < -0.3 is 14.5 Å². The highest BCUT2D eigenvalue weighted by molar-refractivity contribution is 7.05. The summed E-state index contributed by atoms with van der Waals surface area (Å²) < 4.78 is 17.0. The zero-order valence-corrected chi connectivity index (χ0v) is 30.5. The summed E-state index contributed by atoms with van der Waals surface area (Å²) in [5.74, 6) is 8.16. The first-order chi connectivity index (χ1) is 21.9. The fraction of sp³-hybridized carbons (Fsp3) is 0.553. The zero-order chi connectivity index (χ0) is 32.9. The molecule has 2 saturated carbocycles. The van der Waals surface area contributed by atoms with Crippen LogP contribution in [-0.4, -0.2) is 36.8 Å². The Bertz CT molecular complexity index is 1530. The largest absolute Gasteiger partial charge is 0.496 e. The number of nitrogens with one attached hydrogen (secondary N) is 1. The Morgan fingerprint density at radius 3 is 2.50 bits per heavy atom. The summed E-state index contributed by atoms with van der Waals surface area (Å²) in [7, 11) is -0.356. The molecule has 0 saturated heterocycles. The lowest BCUT2D eigenvalue weighted by Crippen LogP contribution is -2.48. The summed E-state index contributed by atoms with van der Waals surface area (Å²) in [4.78, 5) is 18.0. The standard InChI is InChI=1S/C38H51N3O3SSi/c1-26-22-29(18-20-33(26)43-5)32-19-17-31(24-34(32)44-46(6,7)38(2,3)4)36(41-37(42)28-13-9-8-10-14-28)30-15-11-12-27(23-30)16-21-35-39-25-40-45-35/h11-12,15,18,20,22-23,25,28,31-32,34,36H,8-10,13-14,17,19,24H2,1-7H3,(H,41,42). The van der Waals surface area contributed by atoms with Gasteiger partial charge in [-0.2, -0.15) is 4.37 Å². The quantitative estimate of drug-likeness (QED) is 0.193. The van der Waals surface area contributed by atoms with E-state index in [0.717, 1.165) is 67.4 Å².